The molecule has 0 N–H and O–H groups in total. The average molecular weight is 257 g/mol. The predicted octanol–water partition coefficient (Wildman–Crippen LogP) is 2.91. The molecular formula is C15H12FNO2. The minimum atomic E-state index is -1.93. The van der Waals surface area contributed by atoms with Crippen molar-refractivity contribution < 1.29 is 13.9 Å². The summed E-state index contributed by atoms with van der Waals surface area (Å²) >= 11 is 0. The Kier molecular flexibility index (Phi) is 2.91. The fraction of sp³-hybridized carbons (Fsp3) is 0.133. The average Bonchev–Trinajstić information content (AvgIpc) is 2.45. The lowest BCUT2D eigenvalue weighted by molar-refractivity contribution is -0.134. The largest absolute Gasteiger partial charge is 0.450 e. The molecule has 0 spiro atoms. The number of carbonyl (C=O) groups is 1. The number of fused-ring (bicyclic) bond motifs is 1. The van der Waals surface area contributed by atoms with E-state index in [1.54, 1.807) is 24.3 Å². The summed E-state index contributed by atoms with van der Waals surface area (Å²) in [6.45, 7) is 0.334. The van der Waals surface area contributed by atoms with Crippen molar-refractivity contribution in [1.29, 1.82) is 0 Å². The lowest BCUT2D eigenvalue weighted by Gasteiger charge is -2.31. The second-order valence-electron chi connectivity index (χ2n) is 4.31. The van der Waals surface area contributed by atoms with Crippen LogP contribution in [0.5, 0.6) is 5.75 Å². The Labute approximate surface area is 110 Å². The highest BCUT2D eigenvalue weighted by molar-refractivity contribution is 5.99. The molecule has 96 valence electrons. The molecule has 4 heteroatoms. The Morgan fingerprint density at radius 1 is 1.05 bits per heavy atom. The number of ether oxygens (including phenoxy) is 1. The third-order valence-corrected chi connectivity index (χ3v) is 3.03. The van der Waals surface area contributed by atoms with Crippen LogP contribution < -0.4 is 9.64 Å². The quantitative estimate of drug-likeness (QED) is 0.827. The molecule has 2 aromatic carbocycles. The molecule has 0 aliphatic carbocycles. The van der Waals surface area contributed by atoms with Crippen LogP contribution in [0.3, 0.4) is 0 Å². The fourth-order valence-corrected chi connectivity index (χ4v) is 2.11. The Morgan fingerprint density at radius 3 is 2.53 bits per heavy atom. The molecule has 0 fully saturated rings. The van der Waals surface area contributed by atoms with E-state index in [9.17, 15) is 9.18 Å². The molecule has 0 aromatic heterocycles. The summed E-state index contributed by atoms with van der Waals surface area (Å²) in [5.74, 6) is -0.270. The van der Waals surface area contributed by atoms with Crippen molar-refractivity contribution in [3.8, 4) is 5.75 Å². The van der Waals surface area contributed by atoms with Crippen molar-refractivity contribution in [2.75, 3.05) is 4.90 Å². The molecule has 1 amide bonds. The first-order chi connectivity index (χ1) is 9.25. The molecular weight excluding hydrogens is 245 g/mol. The molecule has 3 nitrogen and oxygen atoms in total. The van der Waals surface area contributed by atoms with Crippen molar-refractivity contribution in [3.05, 3.63) is 60.2 Å². The van der Waals surface area contributed by atoms with E-state index in [0.717, 1.165) is 5.56 Å². The van der Waals surface area contributed by atoms with Gasteiger partial charge in [0.05, 0.1) is 12.2 Å². The van der Waals surface area contributed by atoms with Crippen molar-refractivity contribution in [2.45, 2.75) is 12.9 Å². The van der Waals surface area contributed by atoms with Crippen molar-refractivity contribution in [1.82, 2.24) is 0 Å². The normalized spacial score (nSPS) is 17.8. The van der Waals surface area contributed by atoms with Crippen LogP contribution in [-0.2, 0) is 11.3 Å². The van der Waals surface area contributed by atoms with Gasteiger partial charge in [-0.1, -0.05) is 42.5 Å². The highest BCUT2D eigenvalue weighted by Gasteiger charge is 2.34. The molecule has 1 aliphatic rings. The summed E-state index contributed by atoms with van der Waals surface area (Å²) in [7, 11) is 0. The molecule has 3 rings (SSSR count). The molecule has 0 saturated carbocycles. The number of halogens is 1. The zero-order valence-corrected chi connectivity index (χ0v) is 10.1. The third-order valence-electron chi connectivity index (χ3n) is 3.03. The van der Waals surface area contributed by atoms with Gasteiger partial charge < -0.3 is 4.74 Å². The summed E-state index contributed by atoms with van der Waals surface area (Å²) in [6, 6.07) is 16.4. The molecule has 1 atom stereocenters. The van der Waals surface area contributed by atoms with Gasteiger partial charge in [0.2, 0.25) is 0 Å². The van der Waals surface area contributed by atoms with Gasteiger partial charge in [-0.25, -0.2) is 0 Å². The summed E-state index contributed by atoms with van der Waals surface area (Å²) in [5.41, 5.74) is 1.55. The number of hydrogen-bond acceptors (Lipinski definition) is 2. The van der Waals surface area contributed by atoms with E-state index >= 15 is 0 Å². The van der Waals surface area contributed by atoms with Gasteiger partial charge >= 0.3 is 12.3 Å². The number of rotatable bonds is 2. The van der Waals surface area contributed by atoms with E-state index in [1.165, 1.54) is 4.90 Å². The van der Waals surface area contributed by atoms with Crippen LogP contribution in [0.4, 0.5) is 10.1 Å². The van der Waals surface area contributed by atoms with E-state index < -0.39 is 12.3 Å². The number of nitrogens with zero attached hydrogens (tertiary/aromatic N) is 1. The van der Waals surface area contributed by atoms with Gasteiger partial charge in [-0.3, -0.25) is 9.69 Å². The van der Waals surface area contributed by atoms with Crippen molar-refractivity contribution >= 4 is 11.6 Å². The number of carbonyl (C=O) groups excluding carboxylic acids is 1. The van der Waals surface area contributed by atoms with Crippen LogP contribution in [0.2, 0.25) is 0 Å². The highest BCUT2D eigenvalue weighted by atomic mass is 19.1. The lowest BCUT2D eigenvalue weighted by Crippen LogP contribution is -2.43. The van der Waals surface area contributed by atoms with Crippen LogP contribution >= 0.6 is 0 Å². The second kappa shape index (κ2) is 4.72. The Bertz CT molecular complexity index is 600. The number of benzene rings is 2. The smallest absolute Gasteiger partial charge is 0.317 e. The fourth-order valence-electron chi connectivity index (χ4n) is 2.11. The molecule has 1 aliphatic heterocycles. The maximum absolute atomic E-state index is 13.6. The maximum atomic E-state index is 13.6. The molecule has 0 saturated heterocycles. The maximum Gasteiger partial charge on any atom is 0.317 e. The van der Waals surface area contributed by atoms with Crippen LogP contribution in [0.1, 0.15) is 5.56 Å². The minimum Gasteiger partial charge on any atom is -0.450 e. The first-order valence-corrected chi connectivity index (χ1v) is 6.01. The second-order valence-corrected chi connectivity index (χ2v) is 4.31. The Hall–Kier alpha value is -2.36. The molecule has 0 bridgehead atoms. The lowest BCUT2D eigenvalue weighted by atomic mass is 10.1. The standard InChI is InChI=1S/C15H12FNO2/c16-14-15(18)17(10-11-6-2-1-3-7-11)12-8-4-5-9-13(12)19-14/h1-9,14H,10H2. The van der Waals surface area contributed by atoms with Gasteiger partial charge in [-0.2, -0.15) is 4.39 Å². The molecule has 2 aromatic rings. The zero-order valence-electron chi connectivity index (χ0n) is 10.1. The molecule has 19 heavy (non-hydrogen) atoms. The topological polar surface area (TPSA) is 29.5 Å². The van der Waals surface area contributed by atoms with Crippen LogP contribution in [0.25, 0.3) is 0 Å². The van der Waals surface area contributed by atoms with Crippen LogP contribution in [-0.4, -0.2) is 12.3 Å². The van der Waals surface area contributed by atoms with E-state index in [1.807, 2.05) is 30.3 Å². The first kappa shape index (κ1) is 11.7. The minimum absolute atomic E-state index is 0.334. The predicted molar refractivity (Wildman–Crippen MR) is 69.6 cm³/mol. The highest BCUT2D eigenvalue weighted by Crippen LogP contribution is 2.34. The summed E-state index contributed by atoms with van der Waals surface area (Å²) in [4.78, 5) is 13.3. The Morgan fingerprint density at radius 2 is 1.74 bits per heavy atom. The number of anilines is 1. The third kappa shape index (κ3) is 2.17. The van der Waals surface area contributed by atoms with Crippen molar-refractivity contribution in [3.63, 3.8) is 0 Å². The van der Waals surface area contributed by atoms with Gasteiger partial charge in [-0.05, 0) is 17.7 Å². The summed E-state index contributed by atoms with van der Waals surface area (Å²) < 4.78 is 18.5. The number of alkyl halides is 1. The van der Waals surface area contributed by atoms with Gasteiger partial charge in [0.1, 0.15) is 5.75 Å². The first-order valence-electron chi connectivity index (χ1n) is 6.01. The Balaban J connectivity index is 1.97. The molecule has 1 heterocycles. The number of hydrogen-bond donors (Lipinski definition) is 0. The van der Waals surface area contributed by atoms with Gasteiger partial charge in [0.15, 0.2) is 0 Å². The monoisotopic (exact) mass is 257 g/mol. The van der Waals surface area contributed by atoms with Gasteiger partial charge in [-0.15, -0.1) is 0 Å². The molecule has 0 radical (unpaired) electrons. The SMILES string of the molecule is O=C1C(F)Oc2ccccc2N1Cc1ccccc1. The van der Waals surface area contributed by atoms with Gasteiger partial charge in [0.25, 0.3) is 0 Å². The molecule has 1 unspecified atom stereocenters. The number of amides is 1. The van der Waals surface area contributed by atoms with E-state index in [-0.39, 0.29) is 0 Å². The summed E-state index contributed by atoms with van der Waals surface area (Å²) in [6.07, 6.45) is -1.93. The van der Waals surface area contributed by atoms with E-state index in [4.69, 9.17) is 4.74 Å². The zero-order chi connectivity index (χ0) is 13.2. The van der Waals surface area contributed by atoms with Crippen molar-refractivity contribution in [2.24, 2.45) is 0 Å². The summed E-state index contributed by atoms with van der Waals surface area (Å²) in [5, 5.41) is 0. The van der Waals surface area contributed by atoms with Crippen LogP contribution in [0, 0.1) is 0 Å². The number of para-hydroxylation sites is 2. The van der Waals surface area contributed by atoms with Crippen LogP contribution in [0.15, 0.2) is 54.6 Å². The van der Waals surface area contributed by atoms with E-state index in [2.05, 4.69) is 0 Å². The van der Waals surface area contributed by atoms with E-state index in [0.29, 0.717) is 18.0 Å². The van der Waals surface area contributed by atoms with Gasteiger partial charge in [0, 0.05) is 0 Å².